The third-order valence-corrected chi connectivity index (χ3v) is 7.31. The Morgan fingerprint density at radius 1 is 1.03 bits per heavy atom. The third kappa shape index (κ3) is 5.50. The normalized spacial score (nSPS) is 12.2. The van der Waals surface area contributed by atoms with Crippen molar-refractivity contribution in [3.8, 4) is 0 Å². The maximum atomic E-state index is 13.5. The van der Waals surface area contributed by atoms with Crippen molar-refractivity contribution in [1.82, 2.24) is 5.32 Å². The van der Waals surface area contributed by atoms with E-state index in [4.69, 9.17) is 11.6 Å². The first kappa shape index (κ1) is 23.8. The zero-order valence-electron chi connectivity index (χ0n) is 18.4. The zero-order chi connectivity index (χ0) is 23.3. The van der Waals surface area contributed by atoms with Crippen LogP contribution in [0.15, 0.2) is 77.7 Å². The van der Waals surface area contributed by atoms with Crippen molar-refractivity contribution in [2.45, 2.75) is 44.7 Å². The lowest BCUT2D eigenvalue weighted by Gasteiger charge is -2.26. The summed E-state index contributed by atoms with van der Waals surface area (Å²) in [5, 5.41) is 3.39. The monoisotopic (exact) mass is 470 g/mol. The van der Waals surface area contributed by atoms with Crippen LogP contribution in [-0.4, -0.2) is 20.4 Å². The van der Waals surface area contributed by atoms with Gasteiger partial charge in [-0.1, -0.05) is 54.9 Å². The zero-order valence-corrected chi connectivity index (χ0v) is 20.0. The van der Waals surface area contributed by atoms with Crippen LogP contribution < -0.4 is 9.62 Å². The molecule has 0 radical (unpaired) electrons. The van der Waals surface area contributed by atoms with Crippen molar-refractivity contribution in [3.63, 3.8) is 0 Å². The molecule has 0 unspecified atom stereocenters. The number of benzene rings is 3. The molecule has 7 heteroatoms. The highest BCUT2D eigenvalue weighted by Crippen LogP contribution is 2.31. The molecule has 3 aromatic carbocycles. The number of sulfonamides is 1. The number of amides is 1. The topological polar surface area (TPSA) is 66.5 Å². The standard InChI is InChI=1S/C25H27ClN2O3S/c1-4-19(3)27-25(29)21-13-11-20(12-14-21)17-28(24-16-22(26)15-10-18(24)2)32(30,31)23-8-6-5-7-9-23/h5-16,19H,4,17H2,1-3H3,(H,27,29)/t19-/m1/s1. The van der Waals surface area contributed by atoms with Gasteiger partial charge in [0.1, 0.15) is 0 Å². The number of rotatable bonds is 8. The summed E-state index contributed by atoms with van der Waals surface area (Å²) in [4.78, 5) is 12.6. The Labute approximate surface area is 195 Å². The highest BCUT2D eigenvalue weighted by atomic mass is 35.5. The molecule has 0 bridgehead atoms. The number of anilines is 1. The molecule has 1 amide bonds. The van der Waals surface area contributed by atoms with E-state index in [-0.39, 0.29) is 23.4 Å². The third-order valence-electron chi connectivity index (χ3n) is 5.30. The van der Waals surface area contributed by atoms with Crippen LogP contribution in [0.5, 0.6) is 0 Å². The van der Waals surface area contributed by atoms with Crippen LogP contribution in [0.2, 0.25) is 5.02 Å². The quantitative estimate of drug-likeness (QED) is 0.467. The predicted octanol–water partition coefficient (Wildman–Crippen LogP) is 5.57. The second-order valence-corrected chi connectivity index (χ2v) is 10.0. The summed E-state index contributed by atoms with van der Waals surface area (Å²) in [7, 11) is -3.84. The number of hydrogen-bond donors (Lipinski definition) is 1. The molecule has 3 rings (SSSR count). The summed E-state index contributed by atoms with van der Waals surface area (Å²) in [6.45, 7) is 5.91. The summed E-state index contributed by atoms with van der Waals surface area (Å²) >= 11 is 6.20. The molecular formula is C25H27ClN2O3S. The van der Waals surface area contributed by atoms with E-state index < -0.39 is 10.0 Å². The molecule has 168 valence electrons. The molecule has 0 aliphatic rings. The number of hydrogen-bond acceptors (Lipinski definition) is 3. The fraction of sp³-hybridized carbons (Fsp3) is 0.240. The Bertz CT molecular complexity index is 1180. The van der Waals surface area contributed by atoms with E-state index in [1.807, 2.05) is 20.8 Å². The fourth-order valence-corrected chi connectivity index (χ4v) is 4.90. The maximum absolute atomic E-state index is 13.5. The van der Waals surface area contributed by atoms with Crippen LogP contribution in [0, 0.1) is 6.92 Å². The van der Waals surface area contributed by atoms with Gasteiger partial charge in [0.25, 0.3) is 15.9 Å². The molecule has 0 saturated carbocycles. The number of nitrogens with zero attached hydrogens (tertiary/aromatic N) is 1. The van der Waals surface area contributed by atoms with Crippen molar-refractivity contribution in [3.05, 3.63) is 94.5 Å². The van der Waals surface area contributed by atoms with Gasteiger partial charge in [0.05, 0.1) is 17.1 Å². The molecule has 0 heterocycles. The van der Waals surface area contributed by atoms with Gasteiger partial charge in [-0.25, -0.2) is 8.42 Å². The first-order valence-corrected chi connectivity index (χ1v) is 12.3. The van der Waals surface area contributed by atoms with Gasteiger partial charge in [-0.05, 0) is 67.8 Å². The van der Waals surface area contributed by atoms with Crippen LogP contribution in [0.25, 0.3) is 0 Å². The highest BCUT2D eigenvalue weighted by molar-refractivity contribution is 7.92. The number of halogens is 1. The summed E-state index contributed by atoms with van der Waals surface area (Å²) in [6, 6.07) is 20.6. The average molecular weight is 471 g/mol. The van der Waals surface area contributed by atoms with Crippen molar-refractivity contribution in [1.29, 1.82) is 0 Å². The lowest BCUT2D eigenvalue weighted by Crippen LogP contribution is -2.32. The van der Waals surface area contributed by atoms with Gasteiger partial charge in [-0.2, -0.15) is 0 Å². The van der Waals surface area contributed by atoms with Crippen molar-refractivity contribution in [2.75, 3.05) is 4.31 Å². The van der Waals surface area contributed by atoms with E-state index in [9.17, 15) is 13.2 Å². The molecule has 3 aromatic rings. The summed E-state index contributed by atoms with van der Waals surface area (Å²) in [5.41, 5.74) is 2.59. The lowest BCUT2D eigenvalue weighted by atomic mass is 10.1. The molecule has 5 nitrogen and oxygen atoms in total. The SMILES string of the molecule is CC[C@@H](C)NC(=O)c1ccc(CN(c2cc(Cl)ccc2C)S(=O)(=O)c2ccccc2)cc1. The van der Waals surface area contributed by atoms with Gasteiger partial charge >= 0.3 is 0 Å². The average Bonchev–Trinajstić information content (AvgIpc) is 2.80. The van der Waals surface area contributed by atoms with E-state index in [1.54, 1.807) is 72.8 Å². The van der Waals surface area contributed by atoms with Gasteiger partial charge in [0.2, 0.25) is 0 Å². The van der Waals surface area contributed by atoms with Crippen LogP contribution >= 0.6 is 11.6 Å². The molecule has 0 fully saturated rings. The fourth-order valence-electron chi connectivity index (χ4n) is 3.21. The van der Waals surface area contributed by atoms with Crippen molar-refractivity contribution >= 4 is 33.2 Å². The van der Waals surface area contributed by atoms with Crippen LogP contribution in [0.3, 0.4) is 0 Å². The maximum Gasteiger partial charge on any atom is 0.264 e. The molecule has 1 atom stereocenters. The molecular weight excluding hydrogens is 444 g/mol. The number of aryl methyl sites for hydroxylation is 1. The van der Waals surface area contributed by atoms with Gasteiger partial charge in [-0.15, -0.1) is 0 Å². The van der Waals surface area contributed by atoms with Gasteiger partial charge in [-0.3, -0.25) is 9.10 Å². The van der Waals surface area contributed by atoms with Crippen LogP contribution in [-0.2, 0) is 16.6 Å². The van der Waals surface area contributed by atoms with Crippen molar-refractivity contribution in [2.24, 2.45) is 0 Å². The Morgan fingerprint density at radius 3 is 2.31 bits per heavy atom. The Hall–Kier alpha value is -2.83. The van der Waals surface area contributed by atoms with Crippen molar-refractivity contribution < 1.29 is 13.2 Å². The minimum atomic E-state index is -3.84. The molecule has 0 aromatic heterocycles. The largest absolute Gasteiger partial charge is 0.350 e. The van der Waals surface area contributed by atoms with E-state index in [0.29, 0.717) is 16.3 Å². The first-order valence-electron chi connectivity index (χ1n) is 10.5. The van der Waals surface area contributed by atoms with Gasteiger partial charge in [0.15, 0.2) is 0 Å². The molecule has 32 heavy (non-hydrogen) atoms. The minimum absolute atomic E-state index is 0.0829. The minimum Gasteiger partial charge on any atom is -0.350 e. The predicted molar refractivity (Wildman–Crippen MR) is 130 cm³/mol. The molecule has 0 saturated heterocycles. The second kappa shape index (κ2) is 10.2. The molecule has 0 spiro atoms. The summed E-state index contributed by atoms with van der Waals surface area (Å²) in [6.07, 6.45) is 0.842. The van der Waals surface area contributed by atoms with E-state index >= 15 is 0 Å². The molecule has 0 aliphatic carbocycles. The van der Waals surface area contributed by atoms with E-state index in [1.165, 1.54) is 4.31 Å². The second-order valence-electron chi connectivity index (χ2n) is 7.74. The highest BCUT2D eigenvalue weighted by Gasteiger charge is 2.26. The van der Waals surface area contributed by atoms with Crippen LogP contribution in [0.4, 0.5) is 5.69 Å². The molecule has 1 N–H and O–H groups in total. The Morgan fingerprint density at radius 2 is 1.69 bits per heavy atom. The summed E-state index contributed by atoms with van der Waals surface area (Å²) in [5.74, 6) is -0.148. The summed E-state index contributed by atoms with van der Waals surface area (Å²) < 4.78 is 28.5. The number of carbonyl (C=O) groups excluding carboxylic acids is 1. The Balaban J connectivity index is 1.97. The number of carbonyl (C=O) groups is 1. The van der Waals surface area contributed by atoms with E-state index in [0.717, 1.165) is 17.5 Å². The van der Waals surface area contributed by atoms with Gasteiger partial charge in [0, 0.05) is 16.6 Å². The van der Waals surface area contributed by atoms with Crippen LogP contribution in [0.1, 0.15) is 41.8 Å². The smallest absolute Gasteiger partial charge is 0.264 e. The first-order chi connectivity index (χ1) is 15.2. The van der Waals surface area contributed by atoms with E-state index in [2.05, 4.69) is 5.32 Å². The lowest BCUT2D eigenvalue weighted by molar-refractivity contribution is 0.0939. The Kier molecular flexibility index (Phi) is 7.59. The molecule has 0 aliphatic heterocycles. The van der Waals surface area contributed by atoms with Gasteiger partial charge < -0.3 is 5.32 Å². The number of nitrogens with one attached hydrogen (secondary N) is 1.